The van der Waals surface area contributed by atoms with Gasteiger partial charge in [-0.05, 0) is 48.1 Å². The van der Waals surface area contributed by atoms with Gasteiger partial charge in [0.15, 0.2) is 0 Å². The second-order valence-corrected chi connectivity index (χ2v) is 7.92. The summed E-state index contributed by atoms with van der Waals surface area (Å²) in [5.41, 5.74) is 4.15. The van der Waals surface area contributed by atoms with E-state index in [0.29, 0.717) is 11.6 Å². The predicted octanol–water partition coefficient (Wildman–Crippen LogP) is 5.59. The Morgan fingerprint density at radius 2 is 2.07 bits per heavy atom. The van der Waals surface area contributed by atoms with Crippen LogP contribution in [0.3, 0.4) is 0 Å². The minimum absolute atomic E-state index is 0.400. The first-order valence-corrected chi connectivity index (χ1v) is 9.97. The fourth-order valence-corrected chi connectivity index (χ4v) is 3.62. The molecule has 1 fully saturated rings. The third-order valence-corrected chi connectivity index (χ3v) is 5.36. The predicted molar refractivity (Wildman–Crippen MR) is 109 cm³/mol. The zero-order valence-corrected chi connectivity index (χ0v) is 16.5. The summed E-state index contributed by atoms with van der Waals surface area (Å²) < 4.78 is 38.7. The van der Waals surface area contributed by atoms with Gasteiger partial charge in [-0.15, -0.1) is 0 Å². The zero-order valence-electron chi connectivity index (χ0n) is 16.5. The second-order valence-electron chi connectivity index (χ2n) is 7.92. The number of alkyl halides is 3. The molecule has 1 atom stereocenters. The van der Waals surface area contributed by atoms with Crippen LogP contribution in [-0.2, 0) is 0 Å². The Morgan fingerprint density at radius 3 is 2.80 bits per heavy atom. The molecule has 3 aromatic rings. The summed E-state index contributed by atoms with van der Waals surface area (Å²) in [5.74, 6) is 1.35. The van der Waals surface area contributed by atoms with Gasteiger partial charge in [0.1, 0.15) is 12.2 Å². The highest BCUT2D eigenvalue weighted by Crippen LogP contribution is 2.38. The van der Waals surface area contributed by atoms with E-state index in [9.17, 15) is 18.0 Å². The first-order chi connectivity index (χ1) is 14.3. The number of carbonyl (C=O) groups is 1. The van der Waals surface area contributed by atoms with Crippen LogP contribution in [0.5, 0.6) is 0 Å². The smallest absolute Gasteiger partial charge is 0.329 e. The number of imidazole rings is 1. The maximum absolute atomic E-state index is 12.2. The number of amides is 2. The summed E-state index contributed by atoms with van der Waals surface area (Å²) >= 11 is 0. The number of fused-ring (bicyclic) bond motifs is 1. The Bertz CT molecular complexity index is 1060. The number of urea groups is 1. The standard InChI is InChI=1S/C22H23F3N4O/c1-14(9-15-5-6-15)16-7-8-29-19(12-26-20(29)11-16)17-3-2-4-18(10-17)28-21(30)27-13-22(23,24)25/h2-4,7-8,10-12,14-15H,5-6,9,13H2,1H3,(H2,27,28,30). The number of pyridine rings is 1. The Labute approximate surface area is 172 Å². The van der Waals surface area contributed by atoms with Gasteiger partial charge in [-0.25, -0.2) is 9.78 Å². The Hall–Kier alpha value is -3.03. The van der Waals surface area contributed by atoms with Crippen LogP contribution in [-0.4, -0.2) is 28.1 Å². The summed E-state index contributed by atoms with van der Waals surface area (Å²) in [5, 5.41) is 4.23. The van der Waals surface area contributed by atoms with Crippen molar-refractivity contribution in [3.05, 3.63) is 54.4 Å². The molecule has 1 aliphatic carbocycles. The van der Waals surface area contributed by atoms with Crippen molar-refractivity contribution in [2.75, 3.05) is 11.9 Å². The molecule has 2 N–H and O–H groups in total. The van der Waals surface area contributed by atoms with Gasteiger partial charge >= 0.3 is 12.2 Å². The van der Waals surface area contributed by atoms with Crippen molar-refractivity contribution in [3.8, 4) is 11.3 Å². The van der Waals surface area contributed by atoms with E-state index in [0.717, 1.165) is 22.8 Å². The highest BCUT2D eigenvalue weighted by atomic mass is 19.4. The van der Waals surface area contributed by atoms with Crippen LogP contribution in [0.25, 0.3) is 16.9 Å². The van der Waals surface area contributed by atoms with Crippen molar-refractivity contribution >= 4 is 17.4 Å². The summed E-state index contributed by atoms with van der Waals surface area (Å²) in [6.45, 7) is 0.861. The summed E-state index contributed by atoms with van der Waals surface area (Å²) in [6.07, 6.45) is 3.16. The van der Waals surface area contributed by atoms with Gasteiger partial charge in [0.2, 0.25) is 0 Å². The van der Waals surface area contributed by atoms with Crippen molar-refractivity contribution in [3.63, 3.8) is 0 Å². The topological polar surface area (TPSA) is 58.4 Å². The number of carbonyl (C=O) groups excluding carboxylic acids is 1. The number of aromatic nitrogens is 2. The summed E-state index contributed by atoms with van der Waals surface area (Å²) in [6, 6.07) is 10.2. The molecule has 2 aromatic heterocycles. The normalized spacial score (nSPS) is 15.2. The number of nitrogens with one attached hydrogen (secondary N) is 2. The largest absolute Gasteiger partial charge is 0.405 e. The molecule has 0 saturated heterocycles. The van der Waals surface area contributed by atoms with E-state index in [-0.39, 0.29) is 0 Å². The molecule has 4 rings (SSSR count). The molecule has 1 aliphatic rings. The number of nitrogens with zero attached hydrogens (tertiary/aromatic N) is 2. The van der Waals surface area contributed by atoms with Crippen LogP contribution in [0.4, 0.5) is 23.7 Å². The van der Waals surface area contributed by atoms with Crippen molar-refractivity contribution in [2.45, 2.75) is 38.3 Å². The fourth-order valence-electron chi connectivity index (χ4n) is 3.62. The highest BCUT2D eigenvalue weighted by Gasteiger charge is 2.27. The molecular weight excluding hydrogens is 393 g/mol. The first-order valence-electron chi connectivity index (χ1n) is 9.97. The van der Waals surface area contributed by atoms with Gasteiger partial charge < -0.3 is 10.6 Å². The fraction of sp³-hybridized carbons (Fsp3) is 0.364. The second kappa shape index (κ2) is 8.01. The third-order valence-electron chi connectivity index (χ3n) is 5.36. The highest BCUT2D eigenvalue weighted by molar-refractivity contribution is 5.90. The number of benzene rings is 1. The van der Waals surface area contributed by atoms with Crippen LogP contribution in [0.1, 0.15) is 37.7 Å². The van der Waals surface area contributed by atoms with Gasteiger partial charge in [0, 0.05) is 17.4 Å². The molecule has 1 saturated carbocycles. The first kappa shape index (κ1) is 20.3. The Morgan fingerprint density at radius 1 is 1.27 bits per heavy atom. The number of halogens is 3. The molecule has 30 heavy (non-hydrogen) atoms. The SMILES string of the molecule is CC(CC1CC1)c1ccn2c(-c3cccc(NC(=O)NCC(F)(F)F)c3)cnc2c1. The molecule has 2 heterocycles. The molecule has 1 aromatic carbocycles. The van der Waals surface area contributed by atoms with Gasteiger partial charge in [0.05, 0.1) is 11.9 Å². The van der Waals surface area contributed by atoms with Crippen molar-refractivity contribution in [1.29, 1.82) is 0 Å². The van der Waals surface area contributed by atoms with Crippen molar-refractivity contribution in [2.24, 2.45) is 5.92 Å². The molecule has 0 spiro atoms. The molecule has 158 valence electrons. The minimum Gasteiger partial charge on any atom is -0.329 e. The lowest BCUT2D eigenvalue weighted by molar-refractivity contribution is -0.122. The molecule has 8 heteroatoms. The molecule has 0 aliphatic heterocycles. The molecule has 2 amide bonds. The van der Waals surface area contributed by atoms with Crippen LogP contribution >= 0.6 is 0 Å². The van der Waals surface area contributed by atoms with Crippen LogP contribution in [0.2, 0.25) is 0 Å². The Balaban J connectivity index is 1.51. The molecule has 1 unspecified atom stereocenters. The summed E-state index contributed by atoms with van der Waals surface area (Å²) in [7, 11) is 0. The molecule has 0 bridgehead atoms. The van der Waals surface area contributed by atoms with Crippen LogP contribution < -0.4 is 10.6 Å². The van der Waals surface area contributed by atoms with Gasteiger partial charge in [-0.2, -0.15) is 13.2 Å². The molecular formula is C22H23F3N4O. The van der Waals surface area contributed by atoms with Crippen LogP contribution in [0, 0.1) is 5.92 Å². The van der Waals surface area contributed by atoms with E-state index in [1.807, 2.05) is 16.7 Å². The van der Waals surface area contributed by atoms with Gasteiger partial charge in [-0.1, -0.05) is 31.9 Å². The monoisotopic (exact) mass is 416 g/mol. The number of hydrogen-bond donors (Lipinski definition) is 2. The Kier molecular flexibility index (Phi) is 5.40. The maximum Gasteiger partial charge on any atom is 0.405 e. The third kappa shape index (κ3) is 4.93. The van der Waals surface area contributed by atoms with Crippen molar-refractivity contribution in [1.82, 2.24) is 14.7 Å². The number of hydrogen-bond acceptors (Lipinski definition) is 2. The lowest BCUT2D eigenvalue weighted by Gasteiger charge is -2.12. The number of rotatable bonds is 6. The van der Waals surface area contributed by atoms with E-state index < -0.39 is 18.8 Å². The molecule has 0 radical (unpaired) electrons. The van der Waals surface area contributed by atoms with E-state index in [2.05, 4.69) is 29.4 Å². The average molecular weight is 416 g/mol. The molecule has 5 nitrogen and oxygen atoms in total. The van der Waals surface area contributed by atoms with Gasteiger partial charge in [-0.3, -0.25) is 4.40 Å². The summed E-state index contributed by atoms with van der Waals surface area (Å²) in [4.78, 5) is 16.2. The van der Waals surface area contributed by atoms with Gasteiger partial charge in [0.25, 0.3) is 0 Å². The van der Waals surface area contributed by atoms with E-state index >= 15 is 0 Å². The lowest BCUT2D eigenvalue weighted by Crippen LogP contribution is -2.36. The van der Waals surface area contributed by atoms with E-state index in [1.54, 1.807) is 29.7 Å². The van der Waals surface area contributed by atoms with E-state index in [1.165, 1.54) is 24.8 Å². The minimum atomic E-state index is -4.45. The average Bonchev–Trinajstić information content (AvgIpc) is 3.41. The lowest BCUT2D eigenvalue weighted by atomic mass is 9.96. The zero-order chi connectivity index (χ0) is 21.3. The van der Waals surface area contributed by atoms with Crippen molar-refractivity contribution < 1.29 is 18.0 Å². The maximum atomic E-state index is 12.2. The number of anilines is 1. The quantitative estimate of drug-likeness (QED) is 0.550. The van der Waals surface area contributed by atoms with E-state index in [4.69, 9.17) is 0 Å². The van der Waals surface area contributed by atoms with Crippen LogP contribution in [0.15, 0.2) is 48.8 Å².